The molecule has 3 atom stereocenters. The molecule has 0 aromatic heterocycles. The van der Waals surface area contributed by atoms with Gasteiger partial charge in [-0.2, -0.15) is 0 Å². The van der Waals surface area contributed by atoms with E-state index < -0.39 is 23.0 Å². The predicted molar refractivity (Wildman–Crippen MR) is 97.2 cm³/mol. The molecule has 2 aliphatic rings. The fraction of sp³-hybridized carbons (Fsp3) is 0.333. The predicted octanol–water partition coefficient (Wildman–Crippen LogP) is 2.29. The zero-order chi connectivity index (χ0) is 19.2. The van der Waals surface area contributed by atoms with Crippen LogP contribution in [-0.4, -0.2) is 29.3 Å². The normalized spacial score (nSPS) is 28.1. The number of amides is 1. The van der Waals surface area contributed by atoms with E-state index in [-0.39, 0.29) is 18.3 Å². The van der Waals surface area contributed by atoms with Gasteiger partial charge in [0.2, 0.25) is 5.91 Å². The average molecular weight is 367 g/mol. The van der Waals surface area contributed by atoms with E-state index >= 15 is 0 Å². The van der Waals surface area contributed by atoms with Crippen molar-refractivity contribution in [3.05, 3.63) is 59.7 Å². The second kappa shape index (κ2) is 6.01. The summed E-state index contributed by atoms with van der Waals surface area (Å²) in [5, 5.41) is 12.8. The van der Waals surface area contributed by atoms with Crippen LogP contribution in [0, 0.1) is 5.92 Å². The van der Waals surface area contributed by atoms with Crippen LogP contribution < -0.4 is 10.1 Å². The van der Waals surface area contributed by atoms with Crippen molar-refractivity contribution in [1.82, 2.24) is 5.32 Å². The number of hydrogen-bond acceptors (Lipinski definition) is 5. The molecule has 0 aliphatic carbocycles. The van der Waals surface area contributed by atoms with Gasteiger partial charge in [-0.1, -0.05) is 36.4 Å². The lowest BCUT2D eigenvalue weighted by Gasteiger charge is -2.42. The van der Waals surface area contributed by atoms with Gasteiger partial charge in [0.25, 0.3) is 0 Å². The lowest BCUT2D eigenvalue weighted by molar-refractivity contribution is -0.160. The Bertz CT molecular complexity index is 912. The van der Waals surface area contributed by atoms with Crippen molar-refractivity contribution in [2.75, 3.05) is 6.61 Å². The summed E-state index contributed by atoms with van der Waals surface area (Å²) in [6.45, 7) is 3.62. The highest BCUT2D eigenvalue weighted by atomic mass is 16.5. The molecule has 6 nitrogen and oxygen atoms in total. The first-order valence-corrected chi connectivity index (χ1v) is 8.96. The number of rotatable bonds is 4. The van der Waals surface area contributed by atoms with Crippen LogP contribution in [0.1, 0.15) is 25.0 Å². The third kappa shape index (κ3) is 2.47. The number of phenols is 1. The van der Waals surface area contributed by atoms with Gasteiger partial charge in [0, 0.05) is 11.6 Å². The number of fused-ring (bicyclic) bond motifs is 4. The lowest BCUT2D eigenvalue weighted by atomic mass is 9.64. The molecule has 140 valence electrons. The van der Waals surface area contributed by atoms with Crippen LogP contribution in [0.2, 0.25) is 0 Å². The Morgan fingerprint density at radius 3 is 2.70 bits per heavy atom. The molecule has 2 heterocycles. The van der Waals surface area contributed by atoms with E-state index in [9.17, 15) is 14.7 Å². The van der Waals surface area contributed by atoms with Gasteiger partial charge < -0.3 is 19.9 Å². The maximum absolute atomic E-state index is 13.3. The molecule has 2 aromatic carbocycles. The van der Waals surface area contributed by atoms with Crippen LogP contribution in [0.25, 0.3) is 0 Å². The fourth-order valence-electron chi connectivity index (χ4n) is 4.41. The van der Waals surface area contributed by atoms with Crippen molar-refractivity contribution >= 4 is 11.9 Å². The number of esters is 1. The Kier molecular flexibility index (Phi) is 3.87. The molecule has 2 bridgehead atoms. The highest BCUT2D eigenvalue weighted by molar-refractivity contribution is 6.00. The molecule has 2 aromatic rings. The number of carbonyl (C=O) groups excluding carboxylic acids is 2. The molecule has 2 aliphatic heterocycles. The summed E-state index contributed by atoms with van der Waals surface area (Å²) in [5.41, 5.74) is -0.926. The molecular formula is C21H21NO5. The Balaban J connectivity index is 1.95. The molecule has 0 radical (unpaired) electrons. The minimum absolute atomic E-state index is 0.0358. The number of phenolic OH excluding ortho intramolecular Hbond substituents is 1. The van der Waals surface area contributed by atoms with Crippen LogP contribution >= 0.6 is 0 Å². The van der Waals surface area contributed by atoms with E-state index in [4.69, 9.17) is 9.47 Å². The Morgan fingerprint density at radius 1 is 1.26 bits per heavy atom. The van der Waals surface area contributed by atoms with Gasteiger partial charge in [0.1, 0.15) is 22.8 Å². The highest BCUT2D eigenvalue weighted by Gasteiger charge is 2.70. The highest BCUT2D eigenvalue weighted by Crippen LogP contribution is 2.55. The summed E-state index contributed by atoms with van der Waals surface area (Å²) in [4.78, 5) is 26.2. The summed E-state index contributed by atoms with van der Waals surface area (Å²) >= 11 is 0. The average Bonchev–Trinajstić information content (AvgIpc) is 2.77. The summed E-state index contributed by atoms with van der Waals surface area (Å²) in [6, 6.07) is 14.2. The first-order chi connectivity index (χ1) is 12.9. The van der Waals surface area contributed by atoms with Crippen LogP contribution in [0.4, 0.5) is 0 Å². The Morgan fingerprint density at radius 2 is 2.00 bits per heavy atom. The van der Waals surface area contributed by atoms with E-state index in [0.29, 0.717) is 17.7 Å². The smallest absolute Gasteiger partial charge is 0.316 e. The standard InChI is InChI=1S/C21H21NO5/c1-3-26-18(24)17-20(2)22-19(25)21(17,12-13-7-5-4-6-8-13)15-10-9-14(23)11-16(15)27-20/h4-11,17,23H,3,12H2,1-2H3,(H,22,25). The zero-order valence-corrected chi connectivity index (χ0v) is 15.2. The molecular weight excluding hydrogens is 346 g/mol. The molecule has 27 heavy (non-hydrogen) atoms. The second-order valence-electron chi connectivity index (χ2n) is 7.16. The number of benzene rings is 2. The van der Waals surface area contributed by atoms with Gasteiger partial charge in [-0.15, -0.1) is 0 Å². The van der Waals surface area contributed by atoms with Crippen LogP contribution in [0.5, 0.6) is 11.5 Å². The maximum atomic E-state index is 13.3. The monoisotopic (exact) mass is 367 g/mol. The molecule has 3 unspecified atom stereocenters. The van der Waals surface area contributed by atoms with Crippen molar-refractivity contribution in [2.24, 2.45) is 5.92 Å². The molecule has 2 N–H and O–H groups in total. The van der Waals surface area contributed by atoms with Gasteiger partial charge in [-0.3, -0.25) is 9.59 Å². The van der Waals surface area contributed by atoms with E-state index in [1.54, 1.807) is 19.9 Å². The third-order valence-corrected chi connectivity index (χ3v) is 5.43. The fourth-order valence-corrected chi connectivity index (χ4v) is 4.41. The van der Waals surface area contributed by atoms with Gasteiger partial charge >= 0.3 is 5.97 Å². The number of aromatic hydroxyl groups is 1. The van der Waals surface area contributed by atoms with Gasteiger partial charge in [-0.25, -0.2) is 0 Å². The molecule has 0 saturated carbocycles. The van der Waals surface area contributed by atoms with Gasteiger partial charge in [-0.05, 0) is 31.9 Å². The molecule has 0 spiro atoms. The summed E-state index contributed by atoms with van der Waals surface area (Å²) in [6.07, 6.45) is 0.319. The minimum Gasteiger partial charge on any atom is -0.508 e. The number of nitrogens with one attached hydrogen (secondary N) is 1. The molecule has 1 amide bonds. The van der Waals surface area contributed by atoms with Gasteiger partial charge in [0.05, 0.1) is 6.61 Å². The topological polar surface area (TPSA) is 84.9 Å². The summed E-state index contributed by atoms with van der Waals surface area (Å²) < 4.78 is 11.3. The van der Waals surface area contributed by atoms with Crippen LogP contribution in [0.3, 0.4) is 0 Å². The lowest BCUT2D eigenvalue weighted by Crippen LogP contribution is -2.56. The van der Waals surface area contributed by atoms with Crippen molar-refractivity contribution in [3.8, 4) is 11.5 Å². The van der Waals surface area contributed by atoms with Crippen LogP contribution in [0.15, 0.2) is 48.5 Å². The van der Waals surface area contributed by atoms with Crippen molar-refractivity contribution in [2.45, 2.75) is 31.4 Å². The molecule has 6 heteroatoms. The van der Waals surface area contributed by atoms with E-state index in [1.807, 2.05) is 30.3 Å². The first-order valence-electron chi connectivity index (χ1n) is 8.96. The summed E-state index contributed by atoms with van der Waals surface area (Å²) in [5.74, 6) is -1.18. The molecule has 1 saturated heterocycles. The Labute approximate surface area is 157 Å². The first kappa shape index (κ1) is 17.4. The van der Waals surface area contributed by atoms with E-state index in [1.165, 1.54) is 12.1 Å². The molecule has 1 fully saturated rings. The maximum Gasteiger partial charge on any atom is 0.316 e. The van der Waals surface area contributed by atoms with Crippen molar-refractivity contribution in [1.29, 1.82) is 0 Å². The van der Waals surface area contributed by atoms with Crippen LogP contribution in [-0.2, 0) is 26.2 Å². The zero-order valence-electron chi connectivity index (χ0n) is 15.2. The number of hydrogen-bond donors (Lipinski definition) is 2. The SMILES string of the molecule is CCOC(=O)C1C2(C)NC(=O)C1(Cc1ccccc1)c1ccc(O)cc1O2. The van der Waals surface area contributed by atoms with Crippen molar-refractivity contribution in [3.63, 3.8) is 0 Å². The number of ether oxygens (including phenoxy) is 2. The number of carbonyl (C=O) groups is 2. The second-order valence-corrected chi connectivity index (χ2v) is 7.16. The minimum atomic E-state index is -1.25. The Hall–Kier alpha value is -3.02. The quantitative estimate of drug-likeness (QED) is 0.810. The van der Waals surface area contributed by atoms with Gasteiger partial charge in [0.15, 0.2) is 5.72 Å². The van der Waals surface area contributed by atoms with E-state index in [0.717, 1.165) is 5.56 Å². The third-order valence-electron chi connectivity index (χ3n) is 5.43. The largest absolute Gasteiger partial charge is 0.508 e. The summed E-state index contributed by atoms with van der Waals surface area (Å²) in [7, 11) is 0. The van der Waals surface area contributed by atoms with Crippen molar-refractivity contribution < 1.29 is 24.2 Å². The van der Waals surface area contributed by atoms with E-state index in [2.05, 4.69) is 5.32 Å². The molecule has 4 rings (SSSR count).